The van der Waals surface area contributed by atoms with Crippen LogP contribution in [0.1, 0.15) is 31.7 Å². The highest BCUT2D eigenvalue weighted by Crippen LogP contribution is 2.17. The van der Waals surface area contributed by atoms with Crippen molar-refractivity contribution in [1.82, 2.24) is 0 Å². The maximum Gasteiger partial charge on any atom is 0.106 e. The average Bonchev–Trinajstić information content (AvgIpc) is 2.36. The number of quaternary nitrogens is 1. The van der Waals surface area contributed by atoms with Gasteiger partial charge in [0.25, 0.3) is 0 Å². The molecule has 0 saturated carbocycles. The summed E-state index contributed by atoms with van der Waals surface area (Å²) >= 11 is 0. The van der Waals surface area contributed by atoms with Gasteiger partial charge in [-0.05, 0) is 19.3 Å². The highest BCUT2D eigenvalue weighted by molar-refractivity contribution is 6.01. The van der Waals surface area contributed by atoms with Crippen LogP contribution in [0.3, 0.4) is 0 Å². The maximum absolute atomic E-state index is 4.89. The molecule has 0 amide bonds. The van der Waals surface area contributed by atoms with Gasteiger partial charge in [0.15, 0.2) is 0 Å². The summed E-state index contributed by atoms with van der Waals surface area (Å²) in [4.78, 5) is 0. The monoisotopic (exact) mass is 386 g/mol. The highest BCUT2D eigenvalue weighted by Gasteiger charge is 2.17. The molecule has 0 N–H and O–H groups in total. The van der Waals surface area contributed by atoms with Crippen molar-refractivity contribution in [3.8, 4) is 0 Å². The first kappa shape index (κ1) is 19.3. The summed E-state index contributed by atoms with van der Waals surface area (Å²) < 4.78 is 0.607. The Labute approximate surface area is 141 Å². The largest absolute Gasteiger partial charge is 1.00 e. The molecule has 0 heterocycles. The Morgan fingerprint density at radius 1 is 1.25 bits per heavy atom. The minimum atomic E-state index is 0. The third-order valence-electron chi connectivity index (χ3n) is 2.99. The summed E-state index contributed by atoms with van der Waals surface area (Å²) in [6.45, 7) is 6.06. The van der Waals surface area contributed by atoms with Crippen LogP contribution in [0.15, 0.2) is 48.1 Å². The molecule has 0 bridgehead atoms. The SMILES string of the molecule is C=CCCCC(C)/C(=N\[N+](C)(C)C)c1ccccc1.[I-]. The lowest BCUT2D eigenvalue weighted by molar-refractivity contribution is -0.877. The van der Waals surface area contributed by atoms with Crippen molar-refractivity contribution in [3.63, 3.8) is 0 Å². The fourth-order valence-corrected chi connectivity index (χ4v) is 2.08. The van der Waals surface area contributed by atoms with E-state index in [9.17, 15) is 0 Å². The zero-order chi connectivity index (χ0) is 14.3. The van der Waals surface area contributed by atoms with E-state index in [1.165, 1.54) is 17.7 Å². The molecule has 0 aromatic heterocycles. The number of hydrogen-bond donors (Lipinski definition) is 0. The molecule has 2 nitrogen and oxygen atoms in total. The number of benzene rings is 1. The van der Waals surface area contributed by atoms with E-state index in [0.29, 0.717) is 10.5 Å². The molecule has 0 aliphatic heterocycles. The highest BCUT2D eigenvalue weighted by atomic mass is 127. The molecule has 0 aliphatic carbocycles. The average molecular weight is 386 g/mol. The fourth-order valence-electron chi connectivity index (χ4n) is 2.08. The summed E-state index contributed by atoms with van der Waals surface area (Å²) in [5, 5.41) is 4.89. The molecular formula is C17H27IN2. The van der Waals surface area contributed by atoms with Gasteiger partial charge < -0.3 is 24.0 Å². The Balaban J connectivity index is 0.00000361. The van der Waals surface area contributed by atoms with E-state index >= 15 is 0 Å². The summed E-state index contributed by atoms with van der Waals surface area (Å²) in [6.07, 6.45) is 5.40. The fraction of sp³-hybridized carbons (Fsp3) is 0.471. The van der Waals surface area contributed by atoms with Gasteiger partial charge in [-0.1, -0.05) is 48.4 Å². The second-order valence-corrected chi connectivity index (χ2v) is 5.91. The maximum atomic E-state index is 4.89. The van der Waals surface area contributed by atoms with Gasteiger partial charge in [-0.2, -0.15) is 0 Å². The number of hydrogen-bond acceptors (Lipinski definition) is 1. The number of allylic oxidation sites excluding steroid dienone is 1. The molecule has 0 spiro atoms. The van der Waals surface area contributed by atoms with Crippen LogP contribution in [-0.2, 0) is 0 Å². The van der Waals surface area contributed by atoms with Crippen LogP contribution in [0.5, 0.6) is 0 Å². The van der Waals surface area contributed by atoms with Crippen LogP contribution in [0.2, 0.25) is 0 Å². The summed E-state index contributed by atoms with van der Waals surface area (Å²) in [5.41, 5.74) is 2.44. The Hall–Kier alpha value is -0.680. The van der Waals surface area contributed by atoms with Gasteiger partial charge >= 0.3 is 0 Å². The van der Waals surface area contributed by atoms with Crippen LogP contribution in [0.4, 0.5) is 0 Å². The van der Waals surface area contributed by atoms with Crippen molar-refractivity contribution >= 4 is 5.71 Å². The van der Waals surface area contributed by atoms with Gasteiger partial charge in [0.05, 0.1) is 21.1 Å². The second-order valence-electron chi connectivity index (χ2n) is 5.91. The predicted molar refractivity (Wildman–Crippen MR) is 84.2 cm³/mol. The van der Waals surface area contributed by atoms with Gasteiger partial charge in [0.1, 0.15) is 5.71 Å². The van der Waals surface area contributed by atoms with Crippen molar-refractivity contribution < 1.29 is 28.6 Å². The van der Waals surface area contributed by atoms with E-state index in [0.717, 1.165) is 12.8 Å². The lowest BCUT2D eigenvalue weighted by atomic mass is 9.93. The van der Waals surface area contributed by atoms with Crippen molar-refractivity contribution in [2.75, 3.05) is 21.1 Å². The van der Waals surface area contributed by atoms with Crippen LogP contribution in [-0.4, -0.2) is 31.4 Å². The predicted octanol–water partition coefficient (Wildman–Crippen LogP) is 1.09. The smallest absolute Gasteiger partial charge is 0.106 e. The molecule has 1 unspecified atom stereocenters. The van der Waals surface area contributed by atoms with Crippen molar-refractivity contribution in [1.29, 1.82) is 0 Å². The Morgan fingerprint density at radius 3 is 2.35 bits per heavy atom. The molecule has 1 aromatic carbocycles. The molecule has 0 radical (unpaired) electrons. The Bertz CT molecular complexity index is 418. The lowest BCUT2D eigenvalue weighted by Gasteiger charge is -2.21. The van der Waals surface area contributed by atoms with Crippen LogP contribution < -0.4 is 24.0 Å². The van der Waals surface area contributed by atoms with Crippen molar-refractivity contribution in [3.05, 3.63) is 48.6 Å². The van der Waals surface area contributed by atoms with E-state index < -0.39 is 0 Å². The molecule has 1 aromatic rings. The molecule has 112 valence electrons. The third-order valence-corrected chi connectivity index (χ3v) is 2.99. The topological polar surface area (TPSA) is 12.4 Å². The van der Waals surface area contributed by atoms with E-state index in [-0.39, 0.29) is 24.0 Å². The number of rotatable bonds is 7. The normalized spacial score (nSPS) is 13.5. The summed E-state index contributed by atoms with van der Waals surface area (Å²) in [5.74, 6) is 0.472. The van der Waals surface area contributed by atoms with E-state index in [1.54, 1.807) is 0 Å². The van der Waals surface area contributed by atoms with E-state index in [1.807, 2.05) is 6.08 Å². The molecule has 0 fully saturated rings. The van der Waals surface area contributed by atoms with Crippen LogP contribution in [0.25, 0.3) is 0 Å². The zero-order valence-corrected chi connectivity index (χ0v) is 15.3. The second kappa shape index (κ2) is 9.29. The molecule has 20 heavy (non-hydrogen) atoms. The van der Waals surface area contributed by atoms with Gasteiger partial charge in [-0.25, -0.2) is 4.59 Å². The molecule has 3 heteroatoms. The first-order valence-electron chi connectivity index (χ1n) is 7.02. The number of halogens is 1. The Morgan fingerprint density at radius 2 is 1.85 bits per heavy atom. The summed E-state index contributed by atoms with van der Waals surface area (Å²) in [6, 6.07) is 10.5. The van der Waals surface area contributed by atoms with E-state index in [4.69, 9.17) is 5.10 Å². The van der Waals surface area contributed by atoms with Crippen LogP contribution in [0, 0.1) is 5.92 Å². The number of unbranched alkanes of at least 4 members (excludes halogenated alkanes) is 1. The number of nitrogens with zero attached hydrogens (tertiary/aromatic N) is 2. The lowest BCUT2D eigenvalue weighted by Crippen LogP contribution is -3.00. The molecular weight excluding hydrogens is 359 g/mol. The van der Waals surface area contributed by atoms with Gasteiger partial charge in [-0.3, -0.25) is 0 Å². The minimum absolute atomic E-state index is 0. The third kappa shape index (κ3) is 7.20. The van der Waals surface area contributed by atoms with Crippen molar-refractivity contribution in [2.24, 2.45) is 11.0 Å². The molecule has 0 aliphatic rings. The Kier molecular flexibility index (Phi) is 8.98. The van der Waals surface area contributed by atoms with Crippen molar-refractivity contribution in [2.45, 2.75) is 26.2 Å². The van der Waals surface area contributed by atoms with Gasteiger partial charge in [-0.15, -0.1) is 6.58 Å². The molecule has 1 atom stereocenters. The van der Waals surface area contributed by atoms with Gasteiger partial charge in [0, 0.05) is 11.5 Å². The zero-order valence-electron chi connectivity index (χ0n) is 13.1. The van der Waals surface area contributed by atoms with Gasteiger partial charge in [0.2, 0.25) is 0 Å². The van der Waals surface area contributed by atoms with E-state index in [2.05, 4.69) is 65.0 Å². The van der Waals surface area contributed by atoms with Crippen LogP contribution >= 0.6 is 0 Å². The minimum Gasteiger partial charge on any atom is -1.00 e. The summed E-state index contributed by atoms with van der Waals surface area (Å²) in [7, 11) is 6.29. The first-order valence-corrected chi connectivity index (χ1v) is 7.02. The standard InChI is InChI=1S/C17H27N2.HI/c1-6-7-9-12-15(2)17(18-19(3,4)5)16-13-10-8-11-14-16;/h6,8,10-11,13-15H,1,7,9,12H2,2-5H3;1H/q+1;/p-1/b18-17+;. The molecule has 1 rings (SSSR count). The first-order chi connectivity index (χ1) is 8.94. The molecule has 0 saturated heterocycles. The quantitative estimate of drug-likeness (QED) is 0.166.